The van der Waals surface area contributed by atoms with Crippen molar-refractivity contribution in [3.8, 4) is 0 Å². The van der Waals surface area contributed by atoms with Crippen molar-refractivity contribution in [2.45, 2.75) is 19.4 Å². The number of aromatic nitrogens is 2. The molecule has 0 amide bonds. The van der Waals surface area contributed by atoms with Crippen molar-refractivity contribution in [1.29, 1.82) is 0 Å². The molecule has 0 aliphatic heterocycles. The van der Waals surface area contributed by atoms with E-state index in [9.17, 15) is 9.90 Å². The number of nitrogens with one attached hydrogen (secondary N) is 1. The number of methoxy groups -OCH3 is 2. The summed E-state index contributed by atoms with van der Waals surface area (Å²) >= 11 is 0. The first-order valence-corrected chi connectivity index (χ1v) is 5.91. The second-order valence-corrected chi connectivity index (χ2v) is 4.03. The molecule has 7 heteroatoms. The Balaban J connectivity index is 2.58. The van der Waals surface area contributed by atoms with Crippen LogP contribution in [0.2, 0.25) is 0 Å². The third kappa shape index (κ3) is 5.19. The van der Waals surface area contributed by atoms with Gasteiger partial charge in [-0.1, -0.05) is 0 Å². The molecule has 2 N–H and O–H groups in total. The molecule has 1 unspecified atom stereocenters. The average Bonchev–Trinajstić information content (AvgIpc) is 2.37. The summed E-state index contributed by atoms with van der Waals surface area (Å²) in [6, 6.07) is 1.72. The van der Waals surface area contributed by atoms with Gasteiger partial charge in [-0.2, -0.15) is 0 Å². The third-order valence-corrected chi connectivity index (χ3v) is 2.36. The maximum atomic E-state index is 11.4. The number of hydrogen-bond donors (Lipinski definition) is 2. The van der Waals surface area contributed by atoms with Crippen LogP contribution in [-0.4, -0.2) is 54.5 Å². The summed E-state index contributed by atoms with van der Waals surface area (Å²) in [5.74, 6) is -0.0360. The van der Waals surface area contributed by atoms with Gasteiger partial charge in [0.1, 0.15) is 5.82 Å². The molecule has 1 aromatic rings. The smallest absolute Gasteiger partial charge is 0.376 e. The highest BCUT2D eigenvalue weighted by Crippen LogP contribution is 2.07. The minimum atomic E-state index is -0.578. The predicted molar refractivity (Wildman–Crippen MR) is 69.1 cm³/mol. The van der Waals surface area contributed by atoms with Crippen molar-refractivity contribution < 1.29 is 19.4 Å². The van der Waals surface area contributed by atoms with Crippen molar-refractivity contribution in [1.82, 2.24) is 9.97 Å². The van der Waals surface area contributed by atoms with E-state index in [1.165, 1.54) is 14.2 Å². The average molecular weight is 269 g/mol. The van der Waals surface area contributed by atoms with Crippen molar-refractivity contribution in [3.05, 3.63) is 17.6 Å². The first-order chi connectivity index (χ1) is 9.06. The van der Waals surface area contributed by atoms with Crippen molar-refractivity contribution in [2.24, 2.45) is 0 Å². The van der Waals surface area contributed by atoms with E-state index < -0.39 is 12.1 Å². The summed E-state index contributed by atoms with van der Waals surface area (Å²) < 4.78 is 9.40. The molecule has 0 aromatic carbocycles. The van der Waals surface area contributed by atoms with E-state index in [2.05, 4.69) is 20.0 Å². The van der Waals surface area contributed by atoms with E-state index in [0.717, 1.165) is 0 Å². The molecular formula is C12H19N3O4. The fraction of sp³-hybridized carbons (Fsp3) is 0.583. The molecular weight excluding hydrogens is 250 g/mol. The number of nitrogens with zero attached hydrogens (tertiary/aromatic N) is 2. The topological polar surface area (TPSA) is 93.6 Å². The number of aryl methyl sites for hydroxylation is 1. The molecule has 0 bridgehead atoms. The van der Waals surface area contributed by atoms with Crippen LogP contribution in [0.4, 0.5) is 5.82 Å². The van der Waals surface area contributed by atoms with Crippen LogP contribution in [0.3, 0.4) is 0 Å². The molecule has 106 valence electrons. The number of anilines is 1. The minimum absolute atomic E-state index is 0.0161. The zero-order valence-electron chi connectivity index (χ0n) is 11.3. The summed E-state index contributed by atoms with van der Waals surface area (Å²) in [5, 5.41) is 12.5. The van der Waals surface area contributed by atoms with Crippen molar-refractivity contribution in [3.63, 3.8) is 0 Å². The van der Waals surface area contributed by atoms with E-state index in [0.29, 0.717) is 24.5 Å². The second-order valence-electron chi connectivity index (χ2n) is 4.03. The highest BCUT2D eigenvalue weighted by Gasteiger charge is 2.11. The van der Waals surface area contributed by atoms with Gasteiger partial charge in [-0.05, 0) is 13.3 Å². The Morgan fingerprint density at radius 1 is 1.47 bits per heavy atom. The minimum Gasteiger partial charge on any atom is -0.463 e. The monoisotopic (exact) mass is 269 g/mol. The Morgan fingerprint density at radius 2 is 2.21 bits per heavy atom. The number of carbonyl (C=O) groups excluding carboxylic acids is 1. The number of esters is 1. The molecule has 1 aromatic heterocycles. The van der Waals surface area contributed by atoms with Crippen LogP contribution in [0.5, 0.6) is 0 Å². The lowest BCUT2D eigenvalue weighted by molar-refractivity contribution is 0.0585. The van der Waals surface area contributed by atoms with Crippen LogP contribution >= 0.6 is 0 Å². The summed E-state index contributed by atoms with van der Waals surface area (Å²) in [7, 11) is 2.81. The summed E-state index contributed by atoms with van der Waals surface area (Å²) in [4.78, 5) is 19.4. The first kappa shape index (κ1) is 15.3. The van der Waals surface area contributed by atoms with Crippen LogP contribution in [0.25, 0.3) is 0 Å². The summed E-state index contributed by atoms with van der Waals surface area (Å²) in [6.45, 7) is 2.57. The largest absolute Gasteiger partial charge is 0.463 e. The van der Waals surface area contributed by atoms with Gasteiger partial charge < -0.3 is 19.9 Å². The van der Waals surface area contributed by atoms with Gasteiger partial charge in [0.2, 0.25) is 5.82 Å². The maximum Gasteiger partial charge on any atom is 0.376 e. The number of hydrogen-bond acceptors (Lipinski definition) is 7. The van der Waals surface area contributed by atoms with Gasteiger partial charge in [0.05, 0.1) is 19.8 Å². The maximum absolute atomic E-state index is 11.4. The molecule has 0 aliphatic rings. The Hall–Kier alpha value is -1.73. The van der Waals surface area contributed by atoms with Crippen molar-refractivity contribution >= 4 is 11.8 Å². The Kier molecular flexibility index (Phi) is 6.17. The van der Waals surface area contributed by atoms with E-state index in [4.69, 9.17) is 4.74 Å². The van der Waals surface area contributed by atoms with E-state index in [1.54, 1.807) is 13.0 Å². The molecule has 1 rings (SSSR count). The van der Waals surface area contributed by atoms with Gasteiger partial charge >= 0.3 is 5.97 Å². The lowest BCUT2D eigenvalue weighted by Gasteiger charge is -2.11. The molecule has 1 heterocycles. The van der Waals surface area contributed by atoms with Gasteiger partial charge in [0, 0.05) is 25.4 Å². The van der Waals surface area contributed by atoms with Gasteiger partial charge in [0.25, 0.3) is 0 Å². The standard InChI is InChI=1S/C12H19N3O4/c1-8-6-10(13-5-4-9(16)7-18-2)15-11(14-8)12(17)19-3/h6,9,16H,4-5,7H2,1-3H3,(H,13,14,15). The summed E-state index contributed by atoms with van der Waals surface area (Å²) in [6.07, 6.45) is -0.00900. The van der Waals surface area contributed by atoms with Gasteiger partial charge in [-0.15, -0.1) is 0 Å². The first-order valence-electron chi connectivity index (χ1n) is 5.91. The third-order valence-electron chi connectivity index (χ3n) is 2.36. The highest BCUT2D eigenvalue weighted by molar-refractivity contribution is 5.85. The van der Waals surface area contributed by atoms with Gasteiger partial charge in [-0.25, -0.2) is 14.8 Å². The molecule has 0 radical (unpaired) electrons. The lowest BCUT2D eigenvalue weighted by atomic mass is 10.2. The fourth-order valence-corrected chi connectivity index (χ4v) is 1.48. The lowest BCUT2D eigenvalue weighted by Crippen LogP contribution is -2.19. The number of ether oxygens (including phenoxy) is 2. The fourth-order valence-electron chi connectivity index (χ4n) is 1.48. The number of aliphatic hydroxyl groups is 1. The molecule has 0 spiro atoms. The molecule has 0 fully saturated rings. The van der Waals surface area contributed by atoms with E-state index >= 15 is 0 Å². The van der Waals surface area contributed by atoms with Crippen LogP contribution in [-0.2, 0) is 9.47 Å². The molecule has 0 saturated heterocycles. The Labute approximate surface area is 112 Å². The molecule has 7 nitrogen and oxygen atoms in total. The highest BCUT2D eigenvalue weighted by atomic mass is 16.5. The molecule has 0 saturated carbocycles. The van der Waals surface area contributed by atoms with Crippen LogP contribution < -0.4 is 5.32 Å². The van der Waals surface area contributed by atoms with Gasteiger partial charge in [0.15, 0.2) is 0 Å². The van der Waals surface area contributed by atoms with Crippen LogP contribution in [0.15, 0.2) is 6.07 Å². The number of rotatable bonds is 7. The Bertz CT molecular complexity index is 425. The zero-order valence-corrected chi connectivity index (χ0v) is 11.3. The van der Waals surface area contributed by atoms with Crippen LogP contribution in [0.1, 0.15) is 22.7 Å². The van der Waals surface area contributed by atoms with Crippen LogP contribution in [0, 0.1) is 6.92 Å². The SMILES string of the molecule is COCC(O)CCNc1cc(C)nc(C(=O)OC)n1. The van der Waals surface area contributed by atoms with Crippen molar-refractivity contribution in [2.75, 3.05) is 32.7 Å². The van der Waals surface area contributed by atoms with E-state index in [1.807, 2.05) is 0 Å². The van der Waals surface area contributed by atoms with Gasteiger partial charge in [-0.3, -0.25) is 0 Å². The number of carbonyl (C=O) groups is 1. The molecule has 19 heavy (non-hydrogen) atoms. The summed E-state index contributed by atoms with van der Waals surface area (Å²) in [5.41, 5.74) is 0.662. The zero-order chi connectivity index (χ0) is 14.3. The quantitative estimate of drug-likeness (QED) is 0.691. The van der Waals surface area contributed by atoms with E-state index in [-0.39, 0.29) is 12.4 Å². The normalized spacial score (nSPS) is 12.0. The predicted octanol–water partition coefficient (Wildman–Crippen LogP) is 0.381. The second kappa shape index (κ2) is 7.65. The number of aliphatic hydroxyl groups excluding tert-OH is 1. The molecule has 0 aliphatic carbocycles. The molecule has 1 atom stereocenters. The Morgan fingerprint density at radius 3 is 2.84 bits per heavy atom.